The molecule has 1 aliphatic rings. The molecule has 126 valence electrons. The zero-order chi connectivity index (χ0) is 17.4. The van der Waals surface area contributed by atoms with E-state index in [0.717, 1.165) is 0 Å². The Morgan fingerprint density at radius 1 is 1.30 bits per heavy atom. The van der Waals surface area contributed by atoms with Crippen molar-refractivity contribution >= 4 is 35.2 Å². The number of ether oxygens (including phenoxy) is 1. The molecule has 1 aromatic rings. The molecule has 1 heterocycles. The van der Waals surface area contributed by atoms with Gasteiger partial charge in [0.25, 0.3) is 0 Å². The Bertz CT molecular complexity index is 628. The Morgan fingerprint density at radius 3 is 2.52 bits per heavy atom. The first-order valence-corrected chi connectivity index (χ1v) is 8.09. The third kappa shape index (κ3) is 4.30. The lowest BCUT2D eigenvalue weighted by molar-refractivity contribution is -0.130. The monoisotopic (exact) mass is 358 g/mol. The maximum atomic E-state index is 12.5. The van der Waals surface area contributed by atoms with Gasteiger partial charge in [0.05, 0.1) is 10.0 Å². The van der Waals surface area contributed by atoms with Crippen LogP contribution >= 0.6 is 23.2 Å². The molecule has 0 bridgehead atoms. The number of carbonyl (C=O) groups excluding carboxylic acids is 2. The van der Waals surface area contributed by atoms with Crippen molar-refractivity contribution in [2.45, 2.75) is 45.4 Å². The average Bonchev–Trinajstić information content (AvgIpc) is 2.39. The highest BCUT2D eigenvalue weighted by molar-refractivity contribution is 6.42. The quantitative estimate of drug-likeness (QED) is 0.830. The summed E-state index contributed by atoms with van der Waals surface area (Å²) in [5, 5.41) is 3.57. The van der Waals surface area contributed by atoms with E-state index in [1.165, 1.54) is 4.90 Å². The molecular formula is C16H20Cl2N2O3. The standard InChI is InChI=1S/C16H20Cl2N2O3/c1-9-8-20(15(22)23-16(2,3)4)13(14(21)19-9)10-5-6-11(17)12(18)7-10/h5-7,9,13H,8H2,1-4H3,(H,19,21)/t9-,13+/m1/s1. The summed E-state index contributed by atoms with van der Waals surface area (Å²) in [5.41, 5.74) is -0.0501. The van der Waals surface area contributed by atoms with Gasteiger partial charge in [-0.3, -0.25) is 9.69 Å². The van der Waals surface area contributed by atoms with Gasteiger partial charge in [0, 0.05) is 12.6 Å². The number of nitrogens with one attached hydrogen (secondary N) is 1. The fourth-order valence-corrected chi connectivity index (χ4v) is 2.73. The second-order valence-corrected chi connectivity index (χ2v) is 7.43. The summed E-state index contributed by atoms with van der Waals surface area (Å²) in [6.45, 7) is 7.54. The molecule has 1 saturated heterocycles. The van der Waals surface area contributed by atoms with Crippen LogP contribution in [0.4, 0.5) is 4.79 Å². The fraction of sp³-hybridized carbons (Fsp3) is 0.500. The van der Waals surface area contributed by atoms with Crippen LogP contribution in [-0.4, -0.2) is 35.1 Å². The molecule has 5 nitrogen and oxygen atoms in total. The van der Waals surface area contributed by atoms with Gasteiger partial charge in [0.1, 0.15) is 11.6 Å². The van der Waals surface area contributed by atoms with Gasteiger partial charge in [-0.25, -0.2) is 4.79 Å². The van der Waals surface area contributed by atoms with E-state index in [0.29, 0.717) is 22.2 Å². The molecule has 1 N–H and O–H groups in total. The van der Waals surface area contributed by atoms with E-state index < -0.39 is 17.7 Å². The Kier molecular flexibility index (Phi) is 5.11. The molecule has 1 fully saturated rings. The number of benzene rings is 1. The van der Waals surface area contributed by atoms with Crippen LogP contribution < -0.4 is 5.32 Å². The van der Waals surface area contributed by atoms with Crippen molar-refractivity contribution in [3.05, 3.63) is 33.8 Å². The summed E-state index contributed by atoms with van der Waals surface area (Å²) in [5.74, 6) is -0.270. The van der Waals surface area contributed by atoms with E-state index in [1.54, 1.807) is 39.0 Å². The van der Waals surface area contributed by atoms with Gasteiger partial charge < -0.3 is 10.1 Å². The van der Waals surface area contributed by atoms with Crippen LogP contribution in [0.2, 0.25) is 10.0 Å². The summed E-state index contributed by atoms with van der Waals surface area (Å²) in [4.78, 5) is 26.4. The number of halogens is 2. The lowest BCUT2D eigenvalue weighted by atomic mass is 10.0. The molecule has 0 saturated carbocycles. The highest BCUT2D eigenvalue weighted by Gasteiger charge is 2.39. The van der Waals surface area contributed by atoms with Gasteiger partial charge in [0.15, 0.2) is 0 Å². The molecular weight excluding hydrogens is 339 g/mol. The van der Waals surface area contributed by atoms with Crippen LogP contribution in [0.25, 0.3) is 0 Å². The van der Waals surface area contributed by atoms with Gasteiger partial charge in [-0.1, -0.05) is 29.3 Å². The van der Waals surface area contributed by atoms with Crippen LogP contribution in [0.1, 0.15) is 39.3 Å². The van der Waals surface area contributed by atoms with Crippen LogP contribution in [0, 0.1) is 0 Å². The third-order valence-corrected chi connectivity index (χ3v) is 4.05. The first kappa shape index (κ1) is 17.9. The Morgan fingerprint density at radius 2 is 1.96 bits per heavy atom. The molecule has 0 aromatic heterocycles. The molecule has 2 rings (SSSR count). The number of amides is 2. The number of hydrogen-bond acceptors (Lipinski definition) is 3. The second kappa shape index (κ2) is 6.57. The highest BCUT2D eigenvalue weighted by Crippen LogP contribution is 2.31. The first-order chi connectivity index (χ1) is 10.6. The van der Waals surface area contributed by atoms with Crippen molar-refractivity contribution in [2.75, 3.05) is 6.54 Å². The van der Waals surface area contributed by atoms with Crippen LogP contribution in [0.15, 0.2) is 18.2 Å². The minimum absolute atomic E-state index is 0.158. The van der Waals surface area contributed by atoms with Crippen LogP contribution in [-0.2, 0) is 9.53 Å². The molecule has 2 amide bonds. The predicted molar refractivity (Wildman–Crippen MR) is 89.7 cm³/mol. The van der Waals surface area contributed by atoms with Crippen molar-refractivity contribution in [1.29, 1.82) is 0 Å². The molecule has 2 atom stereocenters. The minimum atomic E-state index is -0.796. The van der Waals surface area contributed by atoms with E-state index in [-0.39, 0.29) is 11.9 Å². The maximum absolute atomic E-state index is 12.5. The van der Waals surface area contributed by atoms with E-state index in [9.17, 15) is 9.59 Å². The van der Waals surface area contributed by atoms with E-state index >= 15 is 0 Å². The Balaban J connectivity index is 2.37. The zero-order valence-corrected chi connectivity index (χ0v) is 15.0. The third-order valence-electron chi connectivity index (χ3n) is 3.31. The molecule has 0 unspecified atom stereocenters. The van der Waals surface area contributed by atoms with Gasteiger partial charge in [-0.15, -0.1) is 0 Å². The summed E-state index contributed by atoms with van der Waals surface area (Å²) in [7, 11) is 0. The van der Waals surface area contributed by atoms with Crippen molar-refractivity contribution in [3.8, 4) is 0 Å². The average molecular weight is 359 g/mol. The molecule has 0 radical (unpaired) electrons. The molecule has 1 aromatic carbocycles. The Hall–Kier alpha value is -1.46. The highest BCUT2D eigenvalue weighted by atomic mass is 35.5. The number of carbonyl (C=O) groups is 2. The summed E-state index contributed by atoms with van der Waals surface area (Å²) < 4.78 is 5.43. The molecule has 1 aliphatic heterocycles. The van der Waals surface area contributed by atoms with E-state index in [1.807, 2.05) is 6.92 Å². The minimum Gasteiger partial charge on any atom is -0.444 e. The topological polar surface area (TPSA) is 58.6 Å². The second-order valence-electron chi connectivity index (χ2n) is 6.62. The van der Waals surface area contributed by atoms with Crippen molar-refractivity contribution < 1.29 is 14.3 Å². The fourth-order valence-electron chi connectivity index (χ4n) is 2.42. The van der Waals surface area contributed by atoms with Gasteiger partial charge in [0.2, 0.25) is 5.91 Å². The smallest absolute Gasteiger partial charge is 0.411 e. The van der Waals surface area contributed by atoms with Gasteiger partial charge in [-0.05, 0) is 45.4 Å². The Labute approximate surface area is 145 Å². The van der Waals surface area contributed by atoms with Crippen molar-refractivity contribution in [3.63, 3.8) is 0 Å². The van der Waals surface area contributed by atoms with Crippen LogP contribution in [0.3, 0.4) is 0 Å². The van der Waals surface area contributed by atoms with Gasteiger partial charge >= 0.3 is 6.09 Å². The first-order valence-electron chi connectivity index (χ1n) is 7.33. The summed E-state index contributed by atoms with van der Waals surface area (Å²) >= 11 is 12.0. The lowest BCUT2D eigenvalue weighted by Gasteiger charge is -2.39. The maximum Gasteiger partial charge on any atom is 0.411 e. The lowest BCUT2D eigenvalue weighted by Crippen LogP contribution is -2.57. The molecule has 0 spiro atoms. The van der Waals surface area contributed by atoms with Crippen LogP contribution in [0.5, 0.6) is 0 Å². The molecule has 7 heteroatoms. The van der Waals surface area contributed by atoms with Crippen molar-refractivity contribution in [1.82, 2.24) is 10.2 Å². The number of rotatable bonds is 1. The predicted octanol–water partition coefficient (Wildman–Crippen LogP) is 3.79. The number of piperazine rings is 1. The van der Waals surface area contributed by atoms with E-state index in [4.69, 9.17) is 27.9 Å². The number of hydrogen-bond donors (Lipinski definition) is 1. The van der Waals surface area contributed by atoms with Gasteiger partial charge in [-0.2, -0.15) is 0 Å². The van der Waals surface area contributed by atoms with Crippen molar-refractivity contribution in [2.24, 2.45) is 0 Å². The summed E-state index contributed by atoms with van der Waals surface area (Å²) in [6, 6.07) is 3.94. The normalized spacial score (nSPS) is 21.8. The summed E-state index contributed by atoms with van der Waals surface area (Å²) in [6.07, 6.45) is -0.532. The SMILES string of the molecule is C[C@@H]1CN(C(=O)OC(C)(C)C)[C@@H](c2ccc(Cl)c(Cl)c2)C(=O)N1. The molecule has 0 aliphatic carbocycles. The number of nitrogens with zero attached hydrogens (tertiary/aromatic N) is 1. The largest absolute Gasteiger partial charge is 0.444 e. The molecule has 23 heavy (non-hydrogen) atoms. The zero-order valence-electron chi connectivity index (χ0n) is 13.5. The van der Waals surface area contributed by atoms with E-state index in [2.05, 4.69) is 5.32 Å².